The van der Waals surface area contributed by atoms with E-state index in [9.17, 15) is 9.59 Å². The normalized spacial score (nSPS) is 20.9. The first-order valence-electron chi connectivity index (χ1n) is 12.4. The van der Waals surface area contributed by atoms with Crippen LogP contribution in [0.15, 0.2) is 12.4 Å². The van der Waals surface area contributed by atoms with Gasteiger partial charge in [0.1, 0.15) is 11.6 Å². The smallest absolute Gasteiger partial charge is 0.444 e. The number of ether oxygens (including phenoxy) is 1. The SMILES string of the molecule is C[C@H](NC(=O)OC(C)(C)C)C(=O)N1CCC(CNc2ncc(B3OC(C)(C)C(C)(C)O3)cn2)CC1. The van der Waals surface area contributed by atoms with Gasteiger partial charge in [-0.3, -0.25) is 4.79 Å². The minimum absolute atomic E-state index is 0.0936. The molecule has 3 heterocycles. The number of hydrogen-bond donors (Lipinski definition) is 2. The number of amides is 2. The van der Waals surface area contributed by atoms with Crippen LogP contribution in [0.25, 0.3) is 0 Å². The molecule has 3 rings (SSSR count). The lowest BCUT2D eigenvalue weighted by Crippen LogP contribution is -2.50. The quantitative estimate of drug-likeness (QED) is 0.586. The molecule has 10 nitrogen and oxygen atoms in total. The van der Waals surface area contributed by atoms with E-state index < -0.39 is 36.1 Å². The molecule has 194 valence electrons. The molecule has 2 amide bonds. The van der Waals surface area contributed by atoms with E-state index in [-0.39, 0.29) is 5.91 Å². The molecule has 2 aliphatic rings. The summed E-state index contributed by atoms with van der Waals surface area (Å²) in [5.41, 5.74) is -0.633. The predicted molar refractivity (Wildman–Crippen MR) is 134 cm³/mol. The highest BCUT2D eigenvalue weighted by Gasteiger charge is 2.52. The van der Waals surface area contributed by atoms with Crippen LogP contribution in [0.2, 0.25) is 0 Å². The predicted octanol–water partition coefficient (Wildman–Crippen LogP) is 2.34. The average Bonchev–Trinajstić information content (AvgIpc) is 2.98. The molecule has 0 saturated carbocycles. The van der Waals surface area contributed by atoms with Crippen molar-refractivity contribution < 1.29 is 23.6 Å². The van der Waals surface area contributed by atoms with Gasteiger partial charge in [-0.2, -0.15) is 0 Å². The monoisotopic (exact) mass is 489 g/mol. The fourth-order valence-electron chi connectivity index (χ4n) is 3.94. The molecular formula is C24H40BN5O5. The van der Waals surface area contributed by atoms with Crippen LogP contribution in [0.4, 0.5) is 10.7 Å². The number of alkyl carbamates (subject to hydrolysis) is 1. The molecule has 2 saturated heterocycles. The maximum atomic E-state index is 12.7. The molecule has 2 aliphatic heterocycles. The van der Waals surface area contributed by atoms with Crippen molar-refractivity contribution in [2.45, 2.75) is 91.1 Å². The van der Waals surface area contributed by atoms with Crippen LogP contribution < -0.4 is 16.1 Å². The van der Waals surface area contributed by atoms with Crippen molar-refractivity contribution in [3.05, 3.63) is 12.4 Å². The highest BCUT2D eigenvalue weighted by molar-refractivity contribution is 6.61. The van der Waals surface area contributed by atoms with Gasteiger partial charge in [0, 0.05) is 37.5 Å². The Morgan fingerprint density at radius 1 is 1.14 bits per heavy atom. The summed E-state index contributed by atoms with van der Waals surface area (Å²) < 4.78 is 17.3. The van der Waals surface area contributed by atoms with Gasteiger partial charge in [0.05, 0.1) is 11.2 Å². The molecule has 1 aromatic rings. The second-order valence-electron chi connectivity index (χ2n) is 11.4. The van der Waals surface area contributed by atoms with E-state index in [1.807, 2.05) is 27.7 Å². The Hall–Kier alpha value is -2.40. The standard InChI is InChI=1S/C24H40BN5O5/c1-16(29-21(32)33-22(2,3)4)19(31)30-11-9-17(10-12-30)13-26-20-27-14-18(15-28-20)25-34-23(5,6)24(7,8)35-25/h14-17H,9-13H2,1-8H3,(H,29,32)(H,26,27,28)/t16-/m0/s1. The first-order valence-corrected chi connectivity index (χ1v) is 12.4. The number of carbonyl (C=O) groups is 2. The summed E-state index contributed by atoms with van der Waals surface area (Å²) in [7, 11) is -0.483. The van der Waals surface area contributed by atoms with Gasteiger partial charge < -0.3 is 29.6 Å². The Bertz CT molecular complexity index is 879. The molecule has 2 N–H and O–H groups in total. The van der Waals surface area contributed by atoms with Crippen molar-refractivity contribution in [2.24, 2.45) is 5.92 Å². The second-order valence-corrected chi connectivity index (χ2v) is 11.4. The van der Waals surface area contributed by atoms with E-state index in [1.54, 1.807) is 45.0 Å². The summed E-state index contributed by atoms with van der Waals surface area (Å²) in [6.45, 7) is 17.1. The zero-order valence-electron chi connectivity index (χ0n) is 22.3. The third kappa shape index (κ3) is 7.07. The van der Waals surface area contributed by atoms with Crippen LogP contribution in [-0.4, -0.2) is 76.5 Å². The summed E-state index contributed by atoms with van der Waals surface area (Å²) in [4.78, 5) is 35.3. The van der Waals surface area contributed by atoms with Crippen LogP contribution in [0, 0.1) is 5.92 Å². The van der Waals surface area contributed by atoms with Gasteiger partial charge in [-0.1, -0.05) is 0 Å². The number of rotatable bonds is 6. The minimum atomic E-state index is -0.629. The number of aromatic nitrogens is 2. The highest BCUT2D eigenvalue weighted by Crippen LogP contribution is 2.36. The molecule has 0 aromatic carbocycles. The van der Waals surface area contributed by atoms with Crippen LogP contribution in [0.1, 0.15) is 68.2 Å². The maximum Gasteiger partial charge on any atom is 0.498 e. The number of anilines is 1. The van der Waals surface area contributed by atoms with Gasteiger partial charge in [-0.15, -0.1) is 0 Å². The largest absolute Gasteiger partial charge is 0.498 e. The molecule has 35 heavy (non-hydrogen) atoms. The molecule has 2 fully saturated rings. The molecule has 1 atom stereocenters. The molecule has 1 aromatic heterocycles. The zero-order valence-corrected chi connectivity index (χ0v) is 22.3. The van der Waals surface area contributed by atoms with E-state index in [0.717, 1.165) is 24.8 Å². The number of carbonyl (C=O) groups excluding carboxylic acids is 2. The molecule has 0 spiro atoms. The number of nitrogens with zero attached hydrogens (tertiary/aromatic N) is 3. The molecule has 0 bridgehead atoms. The molecule has 0 unspecified atom stereocenters. The van der Waals surface area contributed by atoms with Crippen molar-refractivity contribution >= 4 is 30.5 Å². The van der Waals surface area contributed by atoms with Gasteiger partial charge in [-0.25, -0.2) is 14.8 Å². The second kappa shape index (κ2) is 10.3. The topological polar surface area (TPSA) is 115 Å². The first-order chi connectivity index (χ1) is 16.2. The Labute approximate surface area is 209 Å². The van der Waals surface area contributed by atoms with Gasteiger partial charge in [0.2, 0.25) is 11.9 Å². The summed E-state index contributed by atoms with van der Waals surface area (Å²) in [5.74, 6) is 0.863. The summed E-state index contributed by atoms with van der Waals surface area (Å²) >= 11 is 0. The fraction of sp³-hybridized carbons (Fsp3) is 0.750. The lowest BCUT2D eigenvalue weighted by atomic mass is 9.81. The first kappa shape index (κ1) is 27.2. The van der Waals surface area contributed by atoms with Gasteiger partial charge in [0.25, 0.3) is 0 Å². The van der Waals surface area contributed by atoms with Crippen molar-refractivity contribution in [3.63, 3.8) is 0 Å². The van der Waals surface area contributed by atoms with Gasteiger partial charge >= 0.3 is 13.2 Å². The van der Waals surface area contributed by atoms with Crippen molar-refractivity contribution in [1.82, 2.24) is 20.2 Å². The summed E-state index contributed by atoms with van der Waals surface area (Å²) in [6, 6.07) is -0.629. The lowest BCUT2D eigenvalue weighted by molar-refractivity contribution is -0.134. The van der Waals surface area contributed by atoms with E-state index in [4.69, 9.17) is 14.0 Å². The fourth-order valence-corrected chi connectivity index (χ4v) is 3.94. The van der Waals surface area contributed by atoms with Crippen LogP contribution in [0.5, 0.6) is 0 Å². The van der Waals surface area contributed by atoms with E-state index >= 15 is 0 Å². The molecular weight excluding hydrogens is 449 g/mol. The third-order valence-corrected chi connectivity index (χ3v) is 6.78. The Kier molecular flexibility index (Phi) is 8.01. The van der Waals surface area contributed by atoms with E-state index in [0.29, 0.717) is 25.0 Å². The summed E-state index contributed by atoms with van der Waals surface area (Å²) in [6.07, 6.45) is 4.62. The Morgan fingerprint density at radius 2 is 1.69 bits per heavy atom. The lowest BCUT2D eigenvalue weighted by Gasteiger charge is -2.34. The van der Waals surface area contributed by atoms with E-state index in [2.05, 4.69) is 20.6 Å². The van der Waals surface area contributed by atoms with Gasteiger partial charge in [-0.05, 0) is 74.1 Å². The van der Waals surface area contributed by atoms with Crippen molar-refractivity contribution in [2.75, 3.05) is 25.0 Å². The molecule has 0 aliphatic carbocycles. The number of piperidine rings is 1. The van der Waals surface area contributed by atoms with Crippen molar-refractivity contribution in [1.29, 1.82) is 0 Å². The van der Waals surface area contributed by atoms with Crippen molar-refractivity contribution in [3.8, 4) is 0 Å². The number of hydrogen-bond acceptors (Lipinski definition) is 8. The highest BCUT2D eigenvalue weighted by atomic mass is 16.7. The molecule has 11 heteroatoms. The Morgan fingerprint density at radius 3 is 2.20 bits per heavy atom. The van der Waals surface area contributed by atoms with E-state index in [1.165, 1.54) is 0 Å². The van der Waals surface area contributed by atoms with Crippen LogP contribution >= 0.6 is 0 Å². The van der Waals surface area contributed by atoms with Crippen LogP contribution in [-0.2, 0) is 18.8 Å². The van der Waals surface area contributed by atoms with Crippen LogP contribution in [0.3, 0.4) is 0 Å². The zero-order chi connectivity index (χ0) is 26.0. The minimum Gasteiger partial charge on any atom is -0.444 e. The number of likely N-dealkylation sites (tertiary alicyclic amines) is 1. The molecule has 0 radical (unpaired) electrons. The third-order valence-electron chi connectivity index (χ3n) is 6.78. The maximum absolute atomic E-state index is 12.7. The number of nitrogens with one attached hydrogen (secondary N) is 2. The Balaban J connectivity index is 1.41. The van der Waals surface area contributed by atoms with Gasteiger partial charge in [0.15, 0.2) is 0 Å². The summed E-state index contributed by atoms with van der Waals surface area (Å²) in [5, 5.41) is 5.92. The average molecular weight is 489 g/mol.